The van der Waals surface area contributed by atoms with Crippen LogP contribution in [0.5, 0.6) is 0 Å². The van der Waals surface area contributed by atoms with Crippen LogP contribution >= 0.6 is 0 Å². The van der Waals surface area contributed by atoms with Gasteiger partial charge in [-0.3, -0.25) is 0 Å². The summed E-state index contributed by atoms with van der Waals surface area (Å²) in [5, 5.41) is 5.89. The van der Waals surface area contributed by atoms with Gasteiger partial charge in [-0.25, -0.2) is 0 Å². The van der Waals surface area contributed by atoms with Crippen LogP contribution in [0.15, 0.2) is 23.0 Å². The topological polar surface area (TPSA) is 68.1 Å². The van der Waals surface area contributed by atoms with E-state index < -0.39 is 11.6 Å². The number of nitrogens with zero attached hydrogens (tertiary/aromatic N) is 2. The third-order valence-corrected chi connectivity index (χ3v) is 2.96. The second kappa shape index (κ2) is 2.70. The number of hydrogen-bond acceptors (Lipinski definition) is 5. The van der Waals surface area contributed by atoms with Crippen LogP contribution in [0.3, 0.4) is 0 Å². The summed E-state index contributed by atoms with van der Waals surface area (Å²) < 4.78 is 5.25. The quantitative estimate of drug-likeness (QED) is 0.485. The van der Waals surface area contributed by atoms with Crippen LogP contribution in [-0.4, -0.2) is 24.3 Å². The standard InChI is InChI=1S/C8H10N2O3/c1-2-3-5-4-13-7-6(9-11)8(5,7)10-12/h2,5-7H,1,3-4H2/t5-,6?,7-,8-/m1/s1. The van der Waals surface area contributed by atoms with E-state index in [9.17, 15) is 9.81 Å². The van der Waals surface area contributed by atoms with E-state index in [-0.39, 0.29) is 12.0 Å². The van der Waals surface area contributed by atoms with Crippen LogP contribution in [0.2, 0.25) is 0 Å². The summed E-state index contributed by atoms with van der Waals surface area (Å²) in [6.45, 7) is 4.07. The SMILES string of the molecule is C=CC[C@@H]1CO[C@@H]2C(N=O)[C@]12N=O. The van der Waals surface area contributed by atoms with Crippen LogP contribution in [0.4, 0.5) is 0 Å². The average Bonchev–Trinajstić information content (AvgIpc) is 2.67. The van der Waals surface area contributed by atoms with Crippen molar-refractivity contribution in [2.75, 3.05) is 6.61 Å². The van der Waals surface area contributed by atoms with Crippen molar-refractivity contribution in [3.05, 3.63) is 22.5 Å². The predicted octanol–water partition coefficient (Wildman–Crippen LogP) is 1.23. The lowest BCUT2D eigenvalue weighted by Crippen LogP contribution is -2.23. The highest BCUT2D eigenvalue weighted by atomic mass is 16.5. The summed E-state index contributed by atoms with van der Waals surface area (Å²) >= 11 is 0. The van der Waals surface area contributed by atoms with Crippen molar-refractivity contribution in [1.82, 2.24) is 0 Å². The van der Waals surface area contributed by atoms with E-state index in [0.29, 0.717) is 13.0 Å². The Morgan fingerprint density at radius 2 is 2.38 bits per heavy atom. The first kappa shape index (κ1) is 8.50. The molecule has 0 N–H and O–H groups in total. The highest BCUT2D eigenvalue weighted by Gasteiger charge is 2.77. The Morgan fingerprint density at radius 1 is 1.62 bits per heavy atom. The summed E-state index contributed by atoms with van der Waals surface area (Å²) in [7, 11) is 0. The minimum Gasteiger partial charge on any atom is -0.373 e. The average molecular weight is 182 g/mol. The van der Waals surface area contributed by atoms with Crippen molar-refractivity contribution in [1.29, 1.82) is 0 Å². The lowest BCUT2D eigenvalue weighted by atomic mass is 9.96. The largest absolute Gasteiger partial charge is 0.373 e. The molecule has 4 atom stereocenters. The molecule has 0 aromatic rings. The molecule has 2 aliphatic rings. The van der Waals surface area contributed by atoms with Crippen LogP contribution in [0, 0.1) is 15.7 Å². The molecule has 0 spiro atoms. The second-order valence-corrected chi connectivity index (χ2v) is 3.50. The molecule has 1 heterocycles. The Morgan fingerprint density at radius 3 is 2.85 bits per heavy atom. The summed E-state index contributed by atoms with van der Waals surface area (Å²) in [6, 6.07) is -0.566. The van der Waals surface area contributed by atoms with Gasteiger partial charge in [-0.2, -0.15) is 9.81 Å². The van der Waals surface area contributed by atoms with Gasteiger partial charge in [0.25, 0.3) is 0 Å². The van der Waals surface area contributed by atoms with Gasteiger partial charge in [0, 0.05) is 5.92 Å². The third-order valence-electron chi connectivity index (χ3n) is 2.96. The van der Waals surface area contributed by atoms with Gasteiger partial charge in [0.05, 0.1) is 6.61 Å². The van der Waals surface area contributed by atoms with Crippen molar-refractivity contribution in [2.24, 2.45) is 16.3 Å². The lowest BCUT2D eigenvalue weighted by molar-refractivity contribution is 0.133. The molecule has 0 bridgehead atoms. The lowest BCUT2D eigenvalue weighted by Gasteiger charge is -2.12. The van der Waals surface area contributed by atoms with Gasteiger partial charge in [-0.05, 0) is 6.42 Å². The molecule has 1 aliphatic heterocycles. The van der Waals surface area contributed by atoms with Crippen LogP contribution in [0.25, 0.3) is 0 Å². The van der Waals surface area contributed by atoms with E-state index in [0.717, 1.165) is 0 Å². The van der Waals surface area contributed by atoms with E-state index in [2.05, 4.69) is 16.9 Å². The summed E-state index contributed by atoms with van der Waals surface area (Å²) in [5.41, 5.74) is -0.865. The summed E-state index contributed by atoms with van der Waals surface area (Å²) in [6.07, 6.45) is 1.99. The zero-order valence-corrected chi connectivity index (χ0v) is 7.05. The van der Waals surface area contributed by atoms with E-state index >= 15 is 0 Å². The number of fused-ring (bicyclic) bond motifs is 1. The van der Waals surface area contributed by atoms with Crippen molar-refractivity contribution < 1.29 is 4.74 Å². The monoisotopic (exact) mass is 182 g/mol. The second-order valence-electron chi connectivity index (χ2n) is 3.50. The number of hydrogen-bond donors (Lipinski definition) is 0. The molecule has 5 heteroatoms. The first-order valence-corrected chi connectivity index (χ1v) is 4.20. The van der Waals surface area contributed by atoms with Gasteiger partial charge >= 0.3 is 0 Å². The van der Waals surface area contributed by atoms with Gasteiger partial charge in [0.2, 0.25) is 0 Å². The first-order valence-electron chi connectivity index (χ1n) is 4.20. The van der Waals surface area contributed by atoms with Gasteiger partial charge in [-0.15, -0.1) is 6.58 Å². The highest BCUT2D eigenvalue weighted by molar-refractivity contribution is 5.31. The van der Waals surface area contributed by atoms with Crippen molar-refractivity contribution >= 4 is 0 Å². The van der Waals surface area contributed by atoms with Crippen molar-refractivity contribution in [3.8, 4) is 0 Å². The highest BCUT2D eigenvalue weighted by Crippen LogP contribution is 2.56. The smallest absolute Gasteiger partial charge is 0.164 e. The zero-order valence-electron chi connectivity index (χ0n) is 7.05. The molecule has 70 valence electrons. The molecule has 0 aromatic carbocycles. The molecule has 2 fully saturated rings. The van der Waals surface area contributed by atoms with Gasteiger partial charge in [0.15, 0.2) is 11.6 Å². The maximum Gasteiger partial charge on any atom is 0.164 e. The fourth-order valence-electron chi connectivity index (χ4n) is 2.17. The Kier molecular flexibility index (Phi) is 1.76. The van der Waals surface area contributed by atoms with Gasteiger partial charge in [-0.1, -0.05) is 16.4 Å². The third kappa shape index (κ3) is 0.848. The minimum absolute atomic E-state index is 0.0183. The molecule has 0 amide bonds. The molecule has 1 unspecified atom stereocenters. The fraction of sp³-hybridized carbons (Fsp3) is 0.750. The van der Waals surface area contributed by atoms with E-state index in [1.807, 2.05) is 0 Å². The van der Waals surface area contributed by atoms with Crippen LogP contribution in [-0.2, 0) is 4.74 Å². The molecule has 2 rings (SSSR count). The molecule has 0 radical (unpaired) electrons. The predicted molar refractivity (Wildman–Crippen MR) is 46.2 cm³/mol. The summed E-state index contributed by atoms with van der Waals surface area (Å²) in [4.78, 5) is 21.0. The zero-order chi connectivity index (χ0) is 9.47. The number of rotatable bonds is 4. The molecule has 1 aliphatic carbocycles. The maximum atomic E-state index is 10.7. The number of nitroso groups, excluding NO2 is 2. The molecule has 1 saturated heterocycles. The molecule has 13 heavy (non-hydrogen) atoms. The number of allylic oxidation sites excluding steroid dienone is 1. The minimum atomic E-state index is -0.865. The summed E-state index contributed by atoms with van der Waals surface area (Å²) in [5.74, 6) is -0.0183. The molecule has 1 saturated carbocycles. The van der Waals surface area contributed by atoms with Crippen LogP contribution in [0.1, 0.15) is 6.42 Å². The molecule has 5 nitrogen and oxygen atoms in total. The van der Waals surface area contributed by atoms with Crippen molar-refractivity contribution in [3.63, 3.8) is 0 Å². The van der Waals surface area contributed by atoms with Crippen LogP contribution < -0.4 is 0 Å². The normalized spacial score (nSPS) is 46.6. The first-order chi connectivity index (χ1) is 6.31. The van der Waals surface area contributed by atoms with Crippen molar-refractivity contribution in [2.45, 2.75) is 24.1 Å². The van der Waals surface area contributed by atoms with Gasteiger partial charge < -0.3 is 4.74 Å². The Hall–Kier alpha value is -1.10. The Labute approximate surface area is 75.1 Å². The maximum absolute atomic E-state index is 10.7. The molecule has 0 aromatic heterocycles. The van der Waals surface area contributed by atoms with E-state index in [4.69, 9.17) is 4.74 Å². The van der Waals surface area contributed by atoms with E-state index in [1.54, 1.807) is 6.08 Å². The molecular formula is C8H10N2O3. The van der Waals surface area contributed by atoms with E-state index in [1.165, 1.54) is 0 Å². The van der Waals surface area contributed by atoms with Gasteiger partial charge in [0.1, 0.15) is 6.10 Å². The molecular weight excluding hydrogens is 172 g/mol. The number of ether oxygens (including phenoxy) is 1. The Bertz CT molecular complexity index is 268. The Balaban J connectivity index is 2.19. The fourth-order valence-corrected chi connectivity index (χ4v) is 2.17.